The number of halogens is 1. The van der Waals surface area contributed by atoms with Gasteiger partial charge in [0.05, 0.1) is 6.54 Å². The smallest absolute Gasteiger partial charge is 0.191 e. The standard InChI is InChI=1S/C19H25ClN6O/c1-21-19(23-16-9-15(16)12-4-3-5-13(20)8-12)22-14-6-7-18-24-17(11-27-2)25-26(18)10-14/h3-5,8,14-16H,6-7,9-11H2,1-2H3,(H2,21,22,23). The van der Waals surface area contributed by atoms with E-state index in [2.05, 4.69) is 37.8 Å². The molecule has 1 fully saturated rings. The van der Waals surface area contributed by atoms with E-state index in [1.807, 2.05) is 23.9 Å². The summed E-state index contributed by atoms with van der Waals surface area (Å²) in [6.45, 7) is 1.24. The molecule has 0 spiro atoms. The van der Waals surface area contributed by atoms with E-state index in [0.717, 1.165) is 48.4 Å². The molecular weight excluding hydrogens is 364 g/mol. The highest BCUT2D eigenvalue weighted by atomic mass is 35.5. The monoisotopic (exact) mass is 388 g/mol. The molecule has 0 radical (unpaired) electrons. The predicted molar refractivity (Wildman–Crippen MR) is 105 cm³/mol. The molecule has 0 saturated heterocycles. The van der Waals surface area contributed by atoms with Gasteiger partial charge < -0.3 is 15.4 Å². The molecule has 2 aliphatic rings. The van der Waals surface area contributed by atoms with Crippen molar-refractivity contribution in [1.82, 2.24) is 25.4 Å². The first-order valence-electron chi connectivity index (χ1n) is 9.33. The Morgan fingerprint density at radius 2 is 2.30 bits per heavy atom. The van der Waals surface area contributed by atoms with Crippen molar-refractivity contribution >= 4 is 17.6 Å². The van der Waals surface area contributed by atoms with Crippen molar-refractivity contribution in [3.63, 3.8) is 0 Å². The highest BCUT2D eigenvalue weighted by Crippen LogP contribution is 2.41. The summed E-state index contributed by atoms with van der Waals surface area (Å²) in [4.78, 5) is 8.93. The lowest BCUT2D eigenvalue weighted by molar-refractivity contribution is 0.177. The van der Waals surface area contributed by atoms with Gasteiger partial charge in [-0.25, -0.2) is 9.67 Å². The largest absolute Gasteiger partial charge is 0.377 e. The topological polar surface area (TPSA) is 76.4 Å². The van der Waals surface area contributed by atoms with Crippen molar-refractivity contribution in [3.8, 4) is 0 Å². The number of benzene rings is 1. The summed E-state index contributed by atoms with van der Waals surface area (Å²) in [6.07, 6.45) is 3.01. The molecule has 2 heterocycles. The zero-order chi connectivity index (χ0) is 18.8. The van der Waals surface area contributed by atoms with Crippen LogP contribution in [-0.4, -0.2) is 47.0 Å². The Hall–Kier alpha value is -2.12. The average Bonchev–Trinajstić information content (AvgIpc) is 3.31. The van der Waals surface area contributed by atoms with E-state index in [1.54, 1.807) is 7.11 Å². The molecule has 2 N–H and O–H groups in total. The van der Waals surface area contributed by atoms with Crippen molar-refractivity contribution in [1.29, 1.82) is 0 Å². The van der Waals surface area contributed by atoms with Crippen LogP contribution in [0.3, 0.4) is 0 Å². The van der Waals surface area contributed by atoms with Gasteiger partial charge in [0, 0.05) is 43.6 Å². The van der Waals surface area contributed by atoms with Crippen LogP contribution in [0.5, 0.6) is 0 Å². The molecule has 27 heavy (non-hydrogen) atoms. The van der Waals surface area contributed by atoms with Crippen molar-refractivity contribution in [2.45, 2.75) is 50.4 Å². The lowest BCUT2D eigenvalue weighted by Gasteiger charge is -2.25. The van der Waals surface area contributed by atoms with Gasteiger partial charge in [-0.1, -0.05) is 23.7 Å². The molecule has 8 heteroatoms. The van der Waals surface area contributed by atoms with Gasteiger partial charge in [0.25, 0.3) is 0 Å². The summed E-state index contributed by atoms with van der Waals surface area (Å²) in [6, 6.07) is 8.79. The number of fused-ring (bicyclic) bond motifs is 1. The zero-order valence-corrected chi connectivity index (χ0v) is 16.4. The van der Waals surface area contributed by atoms with E-state index in [9.17, 15) is 0 Å². The van der Waals surface area contributed by atoms with Gasteiger partial charge in [0.2, 0.25) is 0 Å². The average molecular weight is 389 g/mol. The maximum atomic E-state index is 6.11. The van der Waals surface area contributed by atoms with Gasteiger partial charge in [0.15, 0.2) is 11.8 Å². The van der Waals surface area contributed by atoms with Crippen LogP contribution < -0.4 is 10.6 Å². The zero-order valence-electron chi connectivity index (χ0n) is 15.7. The van der Waals surface area contributed by atoms with Crippen LogP contribution in [0.4, 0.5) is 0 Å². The number of hydrogen-bond donors (Lipinski definition) is 2. The van der Waals surface area contributed by atoms with Crippen molar-refractivity contribution in [2.24, 2.45) is 4.99 Å². The molecule has 1 aliphatic heterocycles. The van der Waals surface area contributed by atoms with Crippen LogP contribution >= 0.6 is 11.6 Å². The molecule has 1 aliphatic carbocycles. The summed E-state index contributed by atoms with van der Waals surface area (Å²) < 4.78 is 7.11. The molecule has 1 aromatic heterocycles. The van der Waals surface area contributed by atoms with E-state index in [4.69, 9.17) is 16.3 Å². The molecule has 7 nitrogen and oxygen atoms in total. The molecule has 0 amide bonds. The Morgan fingerprint density at radius 1 is 1.41 bits per heavy atom. The third-order valence-corrected chi connectivity index (χ3v) is 5.36. The Bertz CT molecular complexity index is 835. The highest BCUT2D eigenvalue weighted by molar-refractivity contribution is 6.30. The van der Waals surface area contributed by atoms with E-state index in [0.29, 0.717) is 18.6 Å². The molecule has 144 valence electrons. The number of nitrogens with one attached hydrogen (secondary N) is 2. The second kappa shape index (κ2) is 7.86. The number of methoxy groups -OCH3 is 1. The Balaban J connectivity index is 1.32. The van der Waals surface area contributed by atoms with Gasteiger partial charge in [-0.05, 0) is 30.5 Å². The van der Waals surface area contributed by atoms with Gasteiger partial charge in [-0.2, -0.15) is 5.10 Å². The summed E-state index contributed by atoms with van der Waals surface area (Å²) in [5, 5.41) is 12.4. The van der Waals surface area contributed by atoms with Crippen LogP contribution in [0.2, 0.25) is 5.02 Å². The molecule has 1 saturated carbocycles. The number of nitrogens with zero attached hydrogens (tertiary/aromatic N) is 4. The molecule has 0 bridgehead atoms. The minimum atomic E-state index is 0.282. The van der Waals surface area contributed by atoms with Crippen LogP contribution in [0.1, 0.15) is 36.0 Å². The third kappa shape index (κ3) is 4.25. The van der Waals surface area contributed by atoms with Crippen LogP contribution in [0, 0.1) is 0 Å². The Morgan fingerprint density at radius 3 is 3.07 bits per heavy atom. The van der Waals surface area contributed by atoms with Crippen LogP contribution in [-0.2, 0) is 24.3 Å². The van der Waals surface area contributed by atoms with E-state index < -0.39 is 0 Å². The predicted octanol–water partition coefficient (Wildman–Crippen LogP) is 2.11. The first-order valence-corrected chi connectivity index (χ1v) is 9.71. The SMILES string of the molecule is CN=C(NC1CCc2nc(COC)nn2C1)NC1CC1c1cccc(Cl)c1. The van der Waals surface area contributed by atoms with Crippen LogP contribution in [0.15, 0.2) is 29.3 Å². The van der Waals surface area contributed by atoms with Gasteiger partial charge in [-0.3, -0.25) is 4.99 Å². The molecular formula is C19H25ClN6O. The van der Waals surface area contributed by atoms with Gasteiger partial charge >= 0.3 is 0 Å². The van der Waals surface area contributed by atoms with Gasteiger partial charge in [0.1, 0.15) is 12.4 Å². The molecule has 1 aromatic carbocycles. The van der Waals surface area contributed by atoms with Crippen molar-refractivity contribution in [3.05, 3.63) is 46.5 Å². The minimum Gasteiger partial charge on any atom is -0.377 e. The minimum absolute atomic E-state index is 0.282. The highest BCUT2D eigenvalue weighted by Gasteiger charge is 2.39. The summed E-state index contributed by atoms with van der Waals surface area (Å²) in [5.41, 5.74) is 1.28. The fourth-order valence-electron chi connectivity index (χ4n) is 3.67. The number of aliphatic imine (C=N–C) groups is 1. The molecule has 2 aromatic rings. The second-order valence-electron chi connectivity index (χ2n) is 7.16. The normalized spacial score (nSPS) is 24.4. The van der Waals surface area contributed by atoms with Crippen molar-refractivity contribution < 1.29 is 4.74 Å². The summed E-state index contributed by atoms with van der Waals surface area (Å²) in [7, 11) is 3.47. The fraction of sp³-hybridized carbons (Fsp3) is 0.526. The second-order valence-corrected chi connectivity index (χ2v) is 7.60. The first kappa shape index (κ1) is 18.3. The van der Waals surface area contributed by atoms with Crippen LogP contribution in [0.25, 0.3) is 0 Å². The molecule has 3 atom stereocenters. The maximum Gasteiger partial charge on any atom is 0.191 e. The van der Waals surface area contributed by atoms with Crippen molar-refractivity contribution in [2.75, 3.05) is 14.2 Å². The quantitative estimate of drug-likeness (QED) is 0.606. The first-order chi connectivity index (χ1) is 13.2. The third-order valence-electron chi connectivity index (χ3n) is 5.13. The number of hydrogen-bond acceptors (Lipinski definition) is 4. The number of aromatic nitrogens is 3. The van der Waals surface area contributed by atoms with E-state index in [1.165, 1.54) is 5.56 Å². The number of aryl methyl sites for hydroxylation is 1. The van der Waals surface area contributed by atoms with E-state index >= 15 is 0 Å². The lowest BCUT2D eigenvalue weighted by atomic mass is 10.1. The number of guanidine groups is 1. The number of ether oxygens (including phenoxy) is 1. The Kier molecular flexibility index (Phi) is 5.31. The molecule has 4 rings (SSSR count). The summed E-state index contributed by atoms with van der Waals surface area (Å²) >= 11 is 6.11. The van der Waals surface area contributed by atoms with E-state index in [-0.39, 0.29) is 6.04 Å². The van der Waals surface area contributed by atoms with Gasteiger partial charge in [-0.15, -0.1) is 0 Å². The fourth-order valence-corrected chi connectivity index (χ4v) is 3.87. The summed E-state index contributed by atoms with van der Waals surface area (Å²) in [5.74, 6) is 3.12. The lowest BCUT2D eigenvalue weighted by Crippen LogP contribution is -2.47. The Labute approximate surface area is 164 Å². The number of rotatable bonds is 5. The maximum absolute atomic E-state index is 6.11. The molecule has 3 unspecified atom stereocenters.